The van der Waals surface area contributed by atoms with Crippen molar-refractivity contribution in [3.63, 3.8) is 0 Å². The number of hydrogen-bond donors (Lipinski definition) is 1. The van der Waals surface area contributed by atoms with E-state index in [0.29, 0.717) is 30.3 Å². The van der Waals surface area contributed by atoms with Crippen molar-refractivity contribution in [1.29, 1.82) is 0 Å². The van der Waals surface area contributed by atoms with Gasteiger partial charge in [-0.25, -0.2) is 0 Å². The van der Waals surface area contributed by atoms with E-state index < -0.39 is 0 Å². The lowest BCUT2D eigenvalue weighted by molar-refractivity contribution is -0.133. The van der Waals surface area contributed by atoms with Crippen molar-refractivity contribution < 1.29 is 4.79 Å². The number of hydrogen-bond acceptors (Lipinski definition) is 2. The van der Waals surface area contributed by atoms with E-state index in [9.17, 15) is 4.79 Å². The van der Waals surface area contributed by atoms with Gasteiger partial charge in [0.2, 0.25) is 5.91 Å². The van der Waals surface area contributed by atoms with E-state index in [4.69, 9.17) is 0 Å². The largest absolute Gasteiger partial charge is 0.340 e. The highest BCUT2D eigenvalue weighted by Crippen LogP contribution is 2.13. The fraction of sp³-hybridized carbons (Fsp3) is 0.929. The number of carbonyl (C=O) groups is 1. The van der Waals surface area contributed by atoms with Crippen LogP contribution in [-0.4, -0.2) is 36.0 Å². The fourth-order valence-electron chi connectivity index (χ4n) is 2.44. The third-order valence-corrected chi connectivity index (χ3v) is 3.37. The maximum Gasteiger partial charge on any atom is 0.222 e. The van der Waals surface area contributed by atoms with Gasteiger partial charge >= 0.3 is 0 Å². The second kappa shape index (κ2) is 7.00. The van der Waals surface area contributed by atoms with E-state index in [0.717, 1.165) is 19.5 Å². The van der Waals surface area contributed by atoms with E-state index in [1.807, 2.05) is 4.90 Å². The van der Waals surface area contributed by atoms with Gasteiger partial charge in [-0.15, -0.1) is 0 Å². The molecule has 3 nitrogen and oxygen atoms in total. The Bertz CT molecular complexity index is 232. The van der Waals surface area contributed by atoms with Gasteiger partial charge in [-0.3, -0.25) is 4.79 Å². The molecule has 1 N–H and O–H groups in total. The molecule has 1 heterocycles. The van der Waals surface area contributed by atoms with Crippen LogP contribution in [0.1, 0.15) is 53.4 Å². The molecule has 0 saturated carbocycles. The molecule has 1 atom stereocenters. The van der Waals surface area contributed by atoms with Gasteiger partial charge in [0.25, 0.3) is 0 Å². The lowest BCUT2D eigenvalue weighted by Gasteiger charge is -2.29. The minimum absolute atomic E-state index is 0.321. The molecule has 0 radical (unpaired) electrons. The first kappa shape index (κ1) is 14.5. The Kier molecular flexibility index (Phi) is 5.96. The molecule has 1 fully saturated rings. The van der Waals surface area contributed by atoms with Crippen LogP contribution >= 0.6 is 0 Å². The van der Waals surface area contributed by atoms with Crippen molar-refractivity contribution >= 4 is 5.91 Å². The summed E-state index contributed by atoms with van der Waals surface area (Å²) >= 11 is 0. The summed E-state index contributed by atoms with van der Waals surface area (Å²) in [6.07, 6.45) is 4.20. The van der Waals surface area contributed by atoms with Crippen LogP contribution in [0.2, 0.25) is 0 Å². The van der Waals surface area contributed by atoms with Gasteiger partial charge in [0, 0.05) is 25.0 Å². The summed E-state index contributed by atoms with van der Waals surface area (Å²) in [5.41, 5.74) is 0. The Morgan fingerprint density at radius 3 is 2.53 bits per heavy atom. The van der Waals surface area contributed by atoms with Crippen LogP contribution in [0.5, 0.6) is 0 Å². The van der Waals surface area contributed by atoms with E-state index in [1.54, 1.807) is 0 Å². The SMILES string of the molecule is CC(C)CN(C(=O)CCC1CCCN1)C(C)C. The molecule has 17 heavy (non-hydrogen) atoms. The molecular weight excluding hydrogens is 212 g/mol. The topological polar surface area (TPSA) is 32.3 Å². The molecular formula is C14H28N2O. The number of nitrogens with zero attached hydrogens (tertiary/aromatic N) is 1. The zero-order valence-corrected chi connectivity index (χ0v) is 11.8. The van der Waals surface area contributed by atoms with Crippen LogP contribution in [0.15, 0.2) is 0 Å². The second-order valence-corrected chi connectivity index (χ2v) is 5.87. The molecule has 0 bridgehead atoms. The van der Waals surface area contributed by atoms with E-state index >= 15 is 0 Å². The van der Waals surface area contributed by atoms with Crippen LogP contribution in [-0.2, 0) is 4.79 Å². The third-order valence-electron chi connectivity index (χ3n) is 3.37. The third kappa shape index (κ3) is 5.07. The molecule has 1 aliphatic heterocycles. The average Bonchev–Trinajstić information content (AvgIpc) is 2.74. The van der Waals surface area contributed by atoms with Crippen molar-refractivity contribution in [3.05, 3.63) is 0 Å². The Morgan fingerprint density at radius 1 is 1.35 bits per heavy atom. The number of amides is 1. The summed E-state index contributed by atoms with van der Waals surface area (Å²) in [5.74, 6) is 0.869. The minimum atomic E-state index is 0.321. The fourth-order valence-corrected chi connectivity index (χ4v) is 2.44. The van der Waals surface area contributed by atoms with Crippen LogP contribution in [0.25, 0.3) is 0 Å². The molecule has 1 saturated heterocycles. The molecule has 0 spiro atoms. The first-order valence-corrected chi connectivity index (χ1v) is 7.03. The van der Waals surface area contributed by atoms with Crippen LogP contribution in [0.3, 0.4) is 0 Å². The predicted molar refractivity (Wildman–Crippen MR) is 71.9 cm³/mol. The lowest BCUT2D eigenvalue weighted by atomic mass is 10.1. The van der Waals surface area contributed by atoms with E-state index in [2.05, 4.69) is 33.0 Å². The molecule has 1 rings (SSSR count). The molecule has 0 aromatic carbocycles. The van der Waals surface area contributed by atoms with Crippen molar-refractivity contribution in [2.45, 2.75) is 65.5 Å². The Balaban J connectivity index is 2.35. The molecule has 0 aliphatic carbocycles. The van der Waals surface area contributed by atoms with Crippen LogP contribution in [0, 0.1) is 5.92 Å². The summed E-state index contributed by atoms with van der Waals surface area (Å²) in [5, 5.41) is 3.45. The monoisotopic (exact) mass is 240 g/mol. The maximum absolute atomic E-state index is 12.2. The number of carbonyl (C=O) groups excluding carboxylic acids is 1. The lowest BCUT2D eigenvalue weighted by Crippen LogP contribution is -2.40. The van der Waals surface area contributed by atoms with Gasteiger partial charge in [0.1, 0.15) is 0 Å². The van der Waals surface area contributed by atoms with Gasteiger partial charge in [0.05, 0.1) is 0 Å². The first-order valence-electron chi connectivity index (χ1n) is 7.03. The van der Waals surface area contributed by atoms with E-state index in [1.165, 1.54) is 12.8 Å². The number of nitrogens with one attached hydrogen (secondary N) is 1. The van der Waals surface area contributed by atoms with E-state index in [-0.39, 0.29) is 0 Å². The average molecular weight is 240 g/mol. The normalized spacial score (nSPS) is 20.2. The highest BCUT2D eigenvalue weighted by molar-refractivity contribution is 5.76. The van der Waals surface area contributed by atoms with Gasteiger partial charge in [-0.2, -0.15) is 0 Å². The predicted octanol–water partition coefficient (Wildman–Crippen LogP) is 2.41. The molecule has 0 aromatic rings. The summed E-state index contributed by atoms with van der Waals surface area (Å²) in [7, 11) is 0. The Labute approximate surface area is 106 Å². The molecule has 1 unspecified atom stereocenters. The molecule has 100 valence electrons. The van der Waals surface area contributed by atoms with Crippen molar-refractivity contribution in [3.8, 4) is 0 Å². The van der Waals surface area contributed by atoms with Gasteiger partial charge in [0.15, 0.2) is 0 Å². The number of rotatable bonds is 6. The van der Waals surface area contributed by atoms with Gasteiger partial charge < -0.3 is 10.2 Å². The van der Waals surface area contributed by atoms with Crippen molar-refractivity contribution in [1.82, 2.24) is 10.2 Å². The highest BCUT2D eigenvalue weighted by atomic mass is 16.2. The Hall–Kier alpha value is -0.570. The quantitative estimate of drug-likeness (QED) is 0.773. The highest BCUT2D eigenvalue weighted by Gasteiger charge is 2.20. The summed E-state index contributed by atoms with van der Waals surface area (Å²) < 4.78 is 0. The van der Waals surface area contributed by atoms with Crippen LogP contribution in [0.4, 0.5) is 0 Å². The molecule has 3 heteroatoms. The maximum atomic E-state index is 12.2. The summed E-state index contributed by atoms with van der Waals surface area (Å²) in [6, 6.07) is 0.897. The summed E-state index contributed by atoms with van der Waals surface area (Å²) in [6.45, 7) is 10.6. The van der Waals surface area contributed by atoms with Crippen LogP contribution < -0.4 is 5.32 Å². The smallest absolute Gasteiger partial charge is 0.222 e. The molecule has 0 aromatic heterocycles. The summed E-state index contributed by atoms with van der Waals surface area (Å²) in [4.78, 5) is 14.2. The van der Waals surface area contributed by atoms with Gasteiger partial charge in [-0.1, -0.05) is 13.8 Å². The molecule has 1 aliphatic rings. The van der Waals surface area contributed by atoms with Crippen molar-refractivity contribution in [2.75, 3.05) is 13.1 Å². The zero-order valence-electron chi connectivity index (χ0n) is 11.8. The Morgan fingerprint density at radius 2 is 2.06 bits per heavy atom. The minimum Gasteiger partial charge on any atom is -0.340 e. The standard InChI is InChI=1S/C14H28N2O/c1-11(2)10-16(12(3)4)14(17)8-7-13-6-5-9-15-13/h11-13,15H,5-10H2,1-4H3. The van der Waals surface area contributed by atoms with Crippen molar-refractivity contribution in [2.24, 2.45) is 5.92 Å². The second-order valence-electron chi connectivity index (χ2n) is 5.87. The zero-order chi connectivity index (χ0) is 12.8. The molecule has 1 amide bonds. The van der Waals surface area contributed by atoms with Gasteiger partial charge in [-0.05, 0) is 45.6 Å². The first-order chi connectivity index (χ1) is 8.00.